The van der Waals surface area contributed by atoms with Crippen LogP contribution in [0.4, 0.5) is 0 Å². The molecule has 0 fully saturated rings. The number of rotatable bonds is 5. The van der Waals surface area contributed by atoms with Crippen LogP contribution in [-0.4, -0.2) is 49.1 Å². The third kappa shape index (κ3) is 3.92. The number of pyridine rings is 2. The van der Waals surface area contributed by atoms with Crippen LogP contribution in [-0.2, 0) is 0 Å². The quantitative estimate of drug-likeness (QED) is 0.519. The first kappa shape index (κ1) is 21.1. The zero-order chi connectivity index (χ0) is 22.8. The van der Waals surface area contributed by atoms with Crippen LogP contribution >= 0.6 is 0 Å². The average Bonchev–Trinajstić information content (AvgIpc) is 2.82. The SMILES string of the molecule is COc1cc(OC)c2c(=O)[nH]c(-c3cccc(-c4ccc(C(=O)N(C)C)cc4)n3)cc2c1. The van der Waals surface area contributed by atoms with Crippen molar-refractivity contribution < 1.29 is 14.3 Å². The fourth-order valence-corrected chi connectivity index (χ4v) is 3.55. The molecule has 0 aliphatic heterocycles. The van der Waals surface area contributed by atoms with Crippen molar-refractivity contribution >= 4 is 16.7 Å². The van der Waals surface area contributed by atoms with Crippen LogP contribution < -0.4 is 15.0 Å². The van der Waals surface area contributed by atoms with Crippen LogP contribution in [0.2, 0.25) is 0 Å². The summed E-state index contributed by atoms with van der Waals surface area (Å²) < 4.78 is 10.7. The van der Waals surface area contributed by atoms with E-state index in [0.717, 1.165) is 11.3 Å². The molecule has 0 aliphatic carbocycles. The molecule has 1 N–H and O–H groups in total. The molecule has 0 unspecified atom stereocenters. The molecule has 0 saturated heterocycles. The smallest absolute Gasteiger partial charge is 0.260 e. The number of nitrogens with zero attached hydrogens (tertiary/aromatic N) is 2. The lowest BCUT2D eigenvalue weighted by Gasteiger charge is -2.11. The zero-order valence-corrected chi connectivity index (χ0v) is 18.3. The highest BCUT2D eigenvalue weighted by molar-refractivity contribution is 5.94. The topological polar surface area (TPSA) is 84.5 Å². The van der Waals surface area contributed by atoms with Crippen molar-refractivity contribution in [3.8, 4) is 34.1 Å². The molecular formula is C25H23N3O4. The van der Waals surface area contributed by atoms with Crippen molar-refractivity contribution in [1.82, 2.24) is 14.9 Å². The van der Waals surface area contributed by atoms with E-state index in [1.165, 1.54) is 12.0 Å². The van der Waals surface area contributed by atoms with Gasteiger partial charge in [0.2, 0.25) is 0 Å². The summed E-state index contributed by atoms with van der Waals surface area (Å²) in [6.07, 6.45) is 0. The Morgan fingerprint density at radius 1 is 0.938 bits per heavy atom. The summed E-state index contributed by atoms with van der Waals surface area (Å²) in [5, 5.41) is 1.15. The van der Waals surface area contributed by atoms with Gasteiger partial charge in [0.25, 0.3) is 11.5 Å². The van der Waals surface area contributed by atoms with Crippen molar-refractivity contribution in [3.63, 3.8) is 0 Å². The lowest BCUT2D eigenvalue weighted by atomic mass is 10.1. The standard InChI is InChI=1S/C25H23N3O4/c1-28(2)25(30)16-10-8-15(9-11-16)19-6-5-7-20(26-19)21-13-17-12-18(31-3)14-22(32-4)23(17)24(29)27-21/h5-14H,1-4H3,(H,27,29). The van der Waals surface area contributed by atoms with E-state index < -0.39 is 0 Å². The van der Waals surface area contributed by atoms with Gasteiger partial charge in [-0.1, -0.05) is 18.2 Å². The van der Waals surface area contributed by atoms with E-state index in [2.05, 4.69) is 4.98 Å². The number of benzene rings is 2. The minimum absolute atomic E-state index is 0.0575. The molecule has 0 spiro atoms. The van der Waals surface area contributed by atoms with Crippen LogP contribution in [0.1, 0.15) is 10.4 Å². The lowest BCUT2D eigenvalue weighted by Crippen LogP contribution is -2.21. The van der Waals surface area contributed by atoms with E-state index in [1.54, 1.807) is 45.5 Å². The molecule has 7 nitrogen and oxygen atoms in total. The minimum atomic E-state index is -0.268. The molecule has 32 heavy (non-hydrogen) atoms. The Morgan fingerprint density at radius 2 is 1.66 bits per heavy atom. The van der Waals surface area contributed by atoms with E-state index >= 15 is 0 Å². The number of hydrogen-bond donors (Lipinski definition) is 1. The molecule has 4 aromatic rings. The number of aromatic nitrogens is 2. The maximum absolute atomic E-state index is 12.8. The Labute approximate surface area is 185 Å². The number of carbonyl (C=O) groups excluding carboxylic acids is 1. The molecule has 1 amide bonds. The second-order valence-corrected chi connectivity index (χ2v) is 7.49. The summed E-state index contributed by atoms with van der Waals surface area (Å²) in [5.74, 6) is 0.985. The summed E-state index contributed by atoms with van der Waals surface area (Å²) in [7, 11) is 6.52. The molecule has 4 rings (SSSR count). The van der Waals surface area contributed by atoms with E-state index in [9.17, 15) is 9.59 Å². The van der Waals surface area contributed by atoms with Crippen molar-refractivity contribution in [1.29, 1.82) is 0 Å². The average molecular weight is 429 g/mol. The first-order valence-corrected chi connectivity index (χ1v) is 10.00. The van der Waals surface area contributed by atoms with Crippen LogP contribution in [0.15, 0.2) is 65.5 Å². The van der Waals surface area contributed by atoms with Gasteiger partial charge in [-0.05, 0) is 41.8 Å². The molecule has 0 atom stereocenters. The summed E-state index contributed by atoms with van der Waals surface area (Å²) >= 11 is 0. The molecule has 0 saturated carbocycles. The van der Waals surface area contributed by atoms with Crippen LogP contribution in [0.5, 0.6) is 11.5 Å². The minimum Gasteiger partial charge on any atom is -0.497 e. The van der Waals surface area contributed by atoms with Crippen molar-refractivity contribution in [3.05, 3.63) is 76.6 Å². The van der Waals surface area contributed by atoms with Gasteiger partial charge in [-0.25, -0.2) is 4.98 Å². The largest absolute Gasteiger partial charge is 0.497 e. The number of methoxy groups -OCH3 is 2. The van der Waals surface area contributed by atoms with Gasteiger partial charge in [0.1, 0.15) is 11.5 Å². The molecule has 2 heterocycles. The number of aromatic amines is 1. The molecule has 0 radical (unpaired) electrons. The summed E-state index contributed by atoms with van der Waals surface area (Å²) in [4.78, 5) is 34.1. The number of nitrogens with one attached hydrogen (secondary N) is 1. The number of carbonyl (C=O) groups is 1. The van der Waals surface area contributed by atoms with Crippen molar-refractivity contribution in [2.24, 2.45) is 0 Å². The predicted molar refractivity (Wildman–Crippen MR) is 124 cm³/mol. The first-order chi connectivity index (χ1) is 15.4. The van der Waals surface area contributed by atoms with Crippen molar-refractivity contribution in [2.75, 3.05) is 28.3 Å². The first-order valence-electron chi connectivity index (χ1n) is 10.00. The Hall–Kier alpha value is -4.13. The van der Waals surface area contributed by atoms with Gasteiger partial charge in [-0.15, -0.1) is 0 Å². The highest BCUT2D eigenvalue weighted by Gasteiger charge is 2.13. The number of fused-ring (bicyclic) bond motifs is 1. The van der Waals surface area contributed by atoms with Crippen LogP contribution in [0.3, 0.4) is 0 Å². The highest BCUT2D eigenvalue weighted by Crippen LogP contribution is 2.31. The van der Waals surface area contributed by atoms with Gasteiger partial charge in [0, 0.05) is 31.3 Å². The van der Waals surface area contributed by atoms with Gasteiger partial charge in [0.05, 0.1) is 36.7 Å². The highest BCUT2D eigenvalue weighted by atomic mass is 16.5. The molecule has 2 aromatic carbocycles. The Balaban J connectivity index is 1.76. The molecule has 162 valence electrons. The molecule has 2 aromatic heterocycles. The maximum atomic E-state index is 12.8. The Kier molecular flexibility index (Phi) is 5.64. The van der Waals surface area contributed by atoms with E-state index in [1.807, 2.05) is 36.4 Å². The number of ether oxygens (including phenoxy) is 2. The third-order valence-corrected chi connectivity index (χ3v) is 5.20. The van der Waals surface area contributed by atoms with Crippen molar-refractivity contribution in [2.45, 2.75) is 0 Å². The van der Waals surface area contributed by atoms with E-state index in [4.69, 9.17) is 14.5 Å². The normalized spacial score (nSPS) is 10.8. The van der Waals surface area contributed by atoms with Gasteiger partial charge < -0.3 is 19.4 Å². The maximum Gasteiger partial charge on any atom is 0.260 e. The molecule has 0 aliphatic rings. The lowest BCUT2D eigenvalue weighted by molar-refractivity contribution is 0.0827. The second-order valence-electron chi connectivity index (χ2n) is 7.49. The molecule has 7 heteroatoms. The fourth-order valence-electron chi connectivity index (χ4n) is 3.55. The summed E-state index contributed by atoms with van der Waals surface area (Å²) in [6, 6.07) is 18.2. The fraction of sp³-hybridized carbons (Fsp3) is 0.160. The van der Waals surface area contributed by atoms with E-state index in [-0.39, 0.29) is 11.5 Å². The summed E-state index contributed by atoms with van der Waals surface area (Å²) in [6.45, 7) is 0. The van der Waals surface area contributed by atoms with Gasteiger partial charge >= 0.3 is 0 Å². The van der Waals surface area contributed by atoms with Gasteiger partial charge in [0.15, 0.2) is 0 Å². The Bertz CT molecular complexity index is 1360. The number of amides is 1. The molecular weight excluding hydrogens is 406 g/mol. The summed E-state index contributed by atoms with van der Waals surface area (Å²) in [5.41, 5.74) is 3.15. The van der Waals surface area contributed by atoms with Gasteiger partial charge in [-0.2, -0.15) is 0 Å². The zero-order valence-electron chi connectivity index (χ0n) is 18.3. The number of H-pyrrole nitrogens is 1. The molecule has 0 bridgehead atoms. The third-order valence-electron chi connectivity index (χ3n) is 5.20. The van der Waals surface area contributed by atoms with Gasteiger partial charge in [-0.3, -0.25) is 9.59 Å². The monoisotopic (exact) mass is 429 g/mol. The van der Waals surface area contributed by atoms with Crippen LogP contribution in [0, 0.1) is 0 Å². The van der Waals surface area contributed by atoms with E-state index in [0.29, 0.717) is 39.2 Å². The Morgan fingerprint density at radius 3 is 2.31 bits per heavy atom. The predicted octanol–water partition coefficient (Wildman–Crippen LogP) is 3.98. The van der Waals surface area contributed by atoms with Crippen LogP contribution in [0.25, 0.3) is 33.4 Å². The second kappa shape index (κ2) is 8.55. The number of hydrogen-bond acceptors (Lipinski definition) is 5.